The molecule has 3 aromatic rings. The molecule has 0 saturated carbocycles. The number of aromatic hydroxyl groups is 1. The molecular weight excluding hydrogens is 424 g/mol. The van der Waals surface area contributed by atoms with Gasteiger partial charge in [0, 0.05) is 18.7 Å². The first-order chi connectivity index (χ1) is 15.3. The summed E-state index contributed by atoms with van der Waals surface area (Å²) in [6, 6.07) is 15.1. The van der Waals surface area contributed by atoms with E-state index in [-0.39, 0.29) is 22.1 Å². The molecule has 2 aromatic carbocycles. The lowest BCUT2D eigenvalue weighted by atomic mass is 10.1. The first-order valence-electron chi connectivity index (χ1n) is 10.1. The smallest absolute Gasteiger partial charge is 0.262 e. The molecule has 4 rings (SSSR count). The first-order valence-corrected chi connectivity index (χ1v) is 10.5. The minimum Gasteiger partial charge on any atom is -0.494 e. The molecule has 8 heteroatoms. The van der Waals surface area contributed by atoms with Gasteiger partial charge in [-0.15, -0.1) is 0 Å². The van der Waals surface area contributed by atoms with Crippen molar-refractivity contribution < 1.29 is 9.90 Å². The summed E-state index contributed by atoms with van der Waals surface area (Å²) in [5.41, 5.74) is 2.70. The van der Waals surface area contributed by atoms with Gasteiger partial charge in [-0.05, 0) is 55.4 Å². The molecule has 3 N–H and O–H groups in total. The third kappa shape index (κ3) is 4.17. The molecule has 1 aromatic heterocycles. The highest BCUT2D eigenvalue weighted by Gasteiger charge is 2.17. The fraction of sp³-hybridized carbons (Fsp3) is 0.167. The third-order valence-corrected chi connectivity index (χ3v) is 5.51. The lowest BCUT2D eigenvalue weighted by Gasteiger charge is -2.12. The van der Waals surface area contributed by atoms with Crippen LogP contribution in [0.15, 0.2) is 64.0 Å². The van der Waals surface area contributed by atoms with Crippen molar-refractivity contribution >= 4 is 29.8 Å². The lowest BCUT2D eigenvalue weighted by Crippen LogP contribution is -2.25. The molecule has 0 bridgehead atoms. The number of aromatic nitrogens is 2. The first kappa shape index (κ1) is 21.5. The molecule has 0 fully saturated rings. The number of amides is 1. The van der Waals surface area contributed by atoms with Crippen LogP contribution >= 0.6 is 12.2 Å². The third-order valence-electron chi connectivity index (χ3n) is 5.22. The number of allylic oxidation sites excluding steroid dienone is 1. The molecule has 32 heavy (non-hydrogen) atoms. The second-order valence-electron chi connectivity index (χ2n) is 7.54. The fourth-order valence-electron chi connectivity index (χ4n) is 3.65. The SMILES string of the molecule is CC(=O)NCCC1=c2ccccc2=N/C1=C\c1c(O)n(-c2ccc(C)cc2)c(=S)[nH]c1=O. The summed E-state index contributed by atoms with van der Waals surface area (Å²) < 4.78 is 1.52. The number of aryl methyl sites for hydroxylation is 1. The molecule has 0 aliphatic carbocycles. The zero-order valence-corrected chi connectivity index (χ0v) is 18.5. The van der Waals surface area contributed by atoms with Crippen LogP contribution in [0, 0.1) is 11.7 Å². The van der Waals surface area contributed by atoms with Gasteiger partial charge in [0.15, 0.2) is 4.77 Å². The minimum absolute atomic E-state index is 0.0581. The molecule has 162 valence electrons. The predicted octanol–water partition coefficient (Wildman–Crippen LogP) is 2.26. The summed E-state index contributed by atoms with van der Waals surface area (Å²) in [6.07, 6.45) is 2.10. The van der Waals surface area contributed by atoms with E-state index in [0.717, 1.165) is 21.7 Å². The summed E-state index contributed by atoms with van der Waals surface area (Å²) in [7, 11) is 0. The van der Waals surface area contributed by atoms with Crippen molar-refractivity contribution in [2.45, 2.75) is 20.3 Å². The van der Waals surface area contributed by atoms with Crippen LogP contribution in [0.4, 0.5) is 0 Å². The molecule has 1 aliphatic heterocycles. The molecule has 1 aliphatic rings. The maximum absolute atomic E-state index is 12.7. The second-order valence-corrected chi connectivity index (χ2v) is 7.92. The Morgan fingerprint density at radius 1 is 1.22 bits per heavy atom. The minimum atomic E-state index is -0.504. The van der Waals surface area contributed by atoms with Gasteiger partial charge in [-0.2, -0.15) is 0 Å². The molecule has 0 unspecified atom stereocenters. The van der Waals surface area contributed by atoms with Gasteiger partial charge in [-0.1, -0.05) is 35.9 Å². The van der Waals surface area contributed by atoms with Crippen molar-refractivity contribution in [1.29, 1.82) is 0 Å². The van der Waals surface area contributed by atoms with E-state index in [1.165, 1.54) is 11.5 Å². The second kappa shape index (κ2) is 8.76. The maximum Gasteiger partial charge on any atom is 0.262 e. The number of nitrogens with one attached hydrogen (secondary N) is 2. The number of hydrogen-bond acceptors (Lipinski definition) is 5. The molecule has 0 saturated heterocycles. The van der Waals surface area contributed by atoms with Crippen LogP contribution in [0.5, 0.6) is 5.88 Å². The van der Waals surface area contributed by atoms with Gasteiger partial charge in [0.1, 0.15) is 5.56 Å². The number of H-pyrrole nitrogens is 1. The molecule has 2 heterocycles. The molecule has 0 spiro atoms. The predicted molar refractivity (Wildman–Crippen MR) is 126 cm³/mol. The molecule has 1 amide bonds. The highest BCUT2D eigenvalue weighted by molar-refractivity contribution is 7.71. The van der Waals surface area contributed by atoms with Crippen LogP contribution in [0.1, 0.15) is 24.5 Å². The quantitative estimate of drug-likeness (QED) is 0.524. The highest BCUT2D eigenvalue weighted by Crippen LogP contribution is 2.25. The maximum atomic E-state index is 12.7. The number of para-hydroxylation sites is 1. The zero-order valence-electron chi connectivity index (χ0n) is 17.7. The Hall–Kier alpha value is -3.78. The van der Waals surface area contributed by atoms with Crippen LogP contribution in [-0.4, -0.2) is 27.1 Å². The summed E-state index contributed by atoms with van der Waals surface area (Å²) in [5, 5.41) is 15.5. The summed E-state index contributed by atoms with van der Waals surface area (Å²) >= 11 is 5.30. The van der Waals surface area contributed by atoms with Crippen molar-refractivity contribution in [1.82, 2.24) is 14.9 Å². The average Bonchev–Trinajstić information content (AvgIpc) is 3.09. The van der Waals surface area contributed by atoms with Crippen LogP contribution in [0.2, 0.25) is 0 Å². The van der Waals surface area contributed by atoms with Crippen molar-refractivity contribution in [2.75, 3.05) is 6.54 Å². The van der Waals surface area contributed by atoms with Gasteiger partial charge < -0.3 is 10.4 Å². The lowest BCUT2D eigenvalue weighted by molar-refractivity contribution is -0.118. The van der Waals surface area contributed by atoms with E-state index in [4.69, 9.17) is 12.2 Å². The van der Waals surface area contributed by atoms with E-state index >= 15 is 0 Å². The van der Waals surface area contributed by atoms with Gasteiger partial charge in [-0.25, -0.2) is 4.99 Å². The van der Waals surface area contributed by atoms with E-state index in [1.54, 1.807) is 6.08 Å². The van der Waals surface area contributed by atoms with Crippen molar-refractivity contribution in [2.24, 2.45) is 4.99 Å². The van der Waals surface area contributed by atoms with Gasteiger partial charge in [0.2, 0.25) is 11.8 Å². The van der Waals surface area contributed by atoms with Gasteiger partial charge in [-0.3, -0.25) is 19.1 Å². The van der Waals surface area contributed by atoms with Crippen LogP contribution in [0.3, 0.4) is 0 Å². The zero-order chi connectivity index (χ0) is 22.8. The highest BCUT2D eigenvalue weighted by atomic mass is 32.1. The van der Waals surface area contributed by atoms with Gasteiger partial charge >= 0.3 is 0 Å². The summed E-state index contributed by atoms with van der Waals surface area (Å²) in [5.74, 6) is -0.379. The Balaban J connectivity index is 1.86. The number of nitrogens with zero attached hydrogens (tertiary/aromatic N) is 2. The van der Waals surface area contributed by atoms with Crippen molar-refractivity contribution in [3.8, 4) is 11.6 Å². The van der Waals surface area contributed by atoms with Crippen LogP contribution in [0.25, 0.3) is 17.3 Å². The van der Waals surface area contributed by atoms with E-state index in [9.17, 15) is 14.7 Å². The Labute approximate surface area is 189 Å². The van der Waals surface area contributed by atoms with Crippen molar-refractivity contribution in [3.05, 3.63) is 91.1 Å². The van der Waals surface area contributed by atoms with Gasteiger partial charge in [0.05, 0.1) is 16.7 Å². The largest absolute Gasteiger partial charge is 0.494 e. The summed E-state index contributed by atoms with van der Waals surface area (Å²) in [6.45, 7) is 3.86. The number of carbonyl (C=O) groups excluding carboxylic acids is 1. The average molecular weight is 447 g/mol. The monoisotopic (exact) mass is 446 g/mol. The number of fused-ring (bicyclic) bond motifs is 1. The Morgan fingerprint density at radius 3 is 2.66 bits per heavy atom. The van der Waals surface area contributed by atoms with E-state index in [2.05, 4.69) is 15.3 Å². The van der Waals surface area contributed by atoms with E-state index in [0.29, 0.717) is 24.4 Å². The number of hydrogen-bond donors (Lipinski definition) is 3. The fourth-order valence-corrected chi connectivity index (χ4v) is 3.93. The molecular formula is C24H22N4O3S. The number of benzene rings is 2. The van der Waals surface area contributed by atoms with Crippen LogP contribution < -0.4 is 21.5 Å². The Morgan fingerprint density at radius 2 is 1.94 bits per heavy atom. The standard InChI is InChI=1S/C24H22N4O3S/c1-14-7-9-16(10-8-14)28-23(31)19(22(30)27-24(28)32)13-21-18(11-12-25-15(2)29)17-5-3-4-6-20(17)26-21/h3-10,13,31H,11-12H2,1-2H3,(H,25,29)(H,27,30,32)/b21-13-. The number of rotatable bonds is 5. The molecule has 0 atom stereocenters. The number of aromatic amines is 1. The molecule has 7 nitrogen and oxygen atoms in total. The Kier molecular flexibility index (Phi) is 5.87. The molecule has 0 radical (unpaired) electrons. The van der Waals surface area contributed by atoms with Crippen LogP contribution in [-0.2, 0) is 4.79 Å². The van der Waals surface area contributed by atoms with E-state index in [1.807, 2.05) is 55.5 Å². The normalized spacial score (nSPS) is 13.7. The number of carbonyl (C=O) groups is 1. The van der Waals surface area contributed by atoms with Gasteiger partial charge in [0.25, 0.3) is 5.56 Å². The Bertz CT molecular complexity index is 1480. The topological polar surface area (TPSA) is 99.5 Å². The van der Waals surface area contributed by atoms with E-state index < -0.39 is 5.56 Å². The van der Waals surface area contributed by atoms with Crippen molar-refractivity contribution in [3.63, 3.8) is 0 Å². The summed E-state index contributed by atoms with van der Waals surface area (Å²) in [4.78, 5) is 31.3.